The van der Waals surface area contributed by atoms with Crippen LogP contribution in [0.5, 0.6) is 0 Å². The van der Waals surface area contributed by atoms with Gasteiger partial charge in [-0.15, -0.1) is 0 Å². The summed E-state index contributed by atoms with van der Waals surface area (Å²) in [5, 5.41) is 23.6. The number of pyridine rings is 1. The molecule has 0 atom stereocenters. The van der Waals surface area contributed by atoms with E-state index in [-0.39, 0.29) is 10.6 Å². The van der Waals surface area contributed by atoms with Crippen LogP contribution in [0, 0.1) is 35.3 Å². The molecule has 0 amide bonds. The minimum Gasteiger partial charge on any atom is -0.266 e. The van der Waals surface area contributed by atoms with Gasteiger partial charge in [0.15, 0.2) is 0 Å². The SMILES string of the molecule is Cc1cc(C)n(/N=C\c2ccc([N+](=O)[O-])s2)c(=O)c1C#N. The second-order valence-electron chi connectivity index (χ2n) is 4.25. The summed E-state index contributed by atoms with van der Waals surface area (Å²) in [4.78, 5) is 22.8. The highest BCUT2D eigenvalue weighted by molar-refractivity contribution is 7.16. The monoisotopic (exact) mass is 302 g/mol. The van der Waals surface area contributed by atoms with E-state index in [0.29, 0.717) is 16.1 Å². The van der Waals surface area contributed by atoms with E-state index in [4.69, 9.17) is 5.26 Å². The molecule has 106 valence electrons. The Balaban J connectivity index is 2.44. The average Bonchev–Trinajstić information content (AvgIpc) is 2.87. The van der Waals surface area contributed by atoms with Crippen LogP contribution in [0.15, 0.2) is 28.1 Å². The van der Waals surface area contributed by atoms with E-state index in [2.05, 4.69) is 5.10 Å². The molecule has 2 rings (SSSR count). The summed E-state index contributed by atoms with van der Waals surface area (Å²) in [6.45, 7) is 3.38. The van der Waals surface area contributed by atoms with E-state index in [1.54, 1.807) is 26.0 Å². The first-order valence-electron chi connectivity index (χ1n) is 5.86. The molecule has 0 unspecified atom stereocenters. The van der Waals surface area contributed by atoms with Gasteiger partial charge in [-0.25, -0.2) is 4.68 Å². The third-order valence-corrected chi connectivity index (χ3v) is 3.74. The summed E-state index contributed by atoms with van der Waals surface area (Å²) in [7, 11) is 0. The molecular formula is C13H10N4O3S. The van der Waals surface area contributed by atoms with E-state index in [9.17, 15) is 14.9 Å². The first-order valence-corrected chi connectivity index (χ1v) is 6.67. The van der Waals surface area contributed by atoms with Crippen LogP contribution in [-0.2, 0) is 0 Å². The van der Waals surface area contributed by atoms with Crippen molar-refractivity contribution in [2.75, 3.05) is 0 Å². The van der Waals surface area contributed by atoms with Crippen molar-refractivity contribution >= 4 is 22.6 Å². The van der Waals surface area contributed by atoms with E-state index in [1.165, 1.54) is 12.3 Å². The van der Waals surface area contributed by atoms with Gasteiger partial charge in [0.05, 0.1) is 16.0 Å². The lowest BCUT2D eigenvalue weighted by Crippen LogP contribution is -2.22. The first-order chi connectivity index (χ1) is 9.93. The maximum absolute atomic E-state index is 12.1. The Bertz CT molecular complexity index is 842. The van der Waals surface area contributed by atoms with Crippen molar-refractivity contribution in [3.63, 3.8) is 0 Å². The standard InChI is InChI=1S/C13H10N4O3S/c1-8-5-9(2)16(13(18)11(8)6-14)15-7-10-3-4-12(21-10)17(19)20/h3-5,7H,1-2H3/b15-7-. The maximum atomic E-state index is 12.1. The molecule has 7 nitrogen and oxygen atoms in total. The molecule has 0 radical (unpaired) electrons. The molecule has 0 bridgehead atoms. The van der Waals surface area contributed by atoms with Crippen LogP contribution in [0.3, 0.4) is 0 Å². The molecule has 0 aromatic carbocycles. The second-order valence-corrected chi connectivity index (χ2v) is 5.34. The third kappa shape index (κ3) is 2.88. The smallest absolute Gasteiger partial charge is 0.266 e. The molecule has 0 saturated carbocycles. The van der Waals surface area contributed by atoms with Crippen LogP contribution in [0.4, 0.5) is 5.00 Å². The highest BCUT2D eigenvalue weighted by Gasteiger charge is 2.10. The molecule has 0 aliphatic carbocycles. The van der Waals surface area contributed by atoms with Crippen molar-refractivity contribution < 1.29 is 4.92 Å². The Morgan fingerprint density at radius 2 is 2.19 bits per heavy atom. The molecule has 0 N–H and O–H groups in total. The number of thiophene rings is 1. The largest absolute Gasteiger partial charge is 0.324 e. The van der Waals surface area contributed by atoms with E-state index >= 15 is 0 Å². The van der Waals surface area contributed by atoms with Crippen LogP contribution in [0.2, 0.25) is 0 Å². The van der Waals surface area contributed by atoms with Crippen molar-refractivity contribution in [1.29, 1.82) is 5.26 Å². The van der Waals surface area contributed by atoms with Gasteiger partial charge < -0.3 is 0 Å². The van der Waals surface area contributed by atoms with Crippen LogP contribution < -0.4 is 5.56 Å². The topological polar surface area (TPSA) is 101 Å². The fraction of sp³-hybridized carbons (Fsp3) is 0.154. The summed E-state index contributed by atoms with van der Waals surface area (Å²) in [6, 6.07) is 6.46. The number of hydrogen-bond donors (Lipinski definition) is 0. The minimum absolute atomic E-state index is 0.00198. The Hall–Kier alpha value is -2.79. The summed E-state index contributed by atoms with van der Waals surface area (Å²) >= 11 is 0.956. The van der Waals surface area contributed by atoms with Crippen molar-refractivity contribution in [2.24, 2.45) is 5.10 Å². The summed E-state index contributed by atoms with van der Waals surface area (Å²) < 4.78 is 1.11. The van der Waals surface area contributed by atoms with Crippen LogP contribution in [0.1, 0.15) is 21.7 Å². The molecule has 2 aromatic rings. The first kappa shape index (κ1) is 14.6. The molecular weight excluding hydrogens is 292 g/mol. The maximum Gasteiger partial charge on any atom is 0.324 e. The van der Waals surface area contributed by atoms with Crippen molar-refractivity contribution in [3.05, 3.63) is 60.4 Å². The highest BCUT2D eigenvalue weighted by Crippen LogP contribution is 2.22. The highest BCUT2D eigenvalue weighted by atomic mass is 32.1. The van der Waals surface area contributed by atoms with Gasteiger partial charge in [-0.2, -0.15) is 10.4 Å². The number of rotatable bonds is 3. The Morgan fingerprint density at radius 3 is 2.76 bits per heavy atom. The zero-order valence-corrected chi connectivity index (χ0v) is 12.0. The molecule has 0 spiro atoms. The van der Waals surface area contributed by atoms with Gasteiger partial charge >= 0.3 is 5.00 Å². The van der Waals surface area contributed by atoms with Crippen molar-refractivity contribution in [2.45, 2.75) is 13.8 Å². The quantitative estimate of drug-likeness (QED) is 0.492. The van der Waals surface area contributed by atoms with Gasteiger partial charge in [-0.05, 0) is 31.5 Å². The summed E-state index contributed by atoms with van der Waals surface area (Å²) in [5.74, 6) is 0. The van der Waals surface area contributed by atoms with Gasteiger partial charge in [-0.3, -0.25) is 14.9 Å². The number of aryl methyl sites for hydroxylation is 2. The predicted molar refractivity (Wildman–Crippen MR) is 78.9 cm³/mol. The predicted octanol–water partition coefficient (Wildman–Crippen LogP) is 2.19. The zero-order valence-electron chi connectivity index (χ0n) is 11.2. The number of nitriles is 1. The fourth-order valence-corrected chi connectivity index (χ4v) is 2.47. The fourth-order valence-electron chi connectivity index (χ4n) is 1.79. The molecule has 21 heavy (non-hydrogen) atoms. The lowest BCUT2D eigenvalue weighted by atomic mass is 10.1. The summed E-state index contributed by atoms with van der Waals surface area (Å²) in [6.07, 6.45) is 1.36. The zero-order chi connectivity index (χ0) is 15.6. The third-order valence-electron chi connectivity index (χ3n) is 2.76. The van der Waals surface area contributed by atoms with Gasteiger partial charge in [-0.1, -0.05) is 11.3 Å². The normalized spacial score (nSPS) is 10.7. The van der Waals surface area contributed by atoms with Crippen LogP contribution >= 0.6 is 11.3 Å². The molecule has 2 heterocycles. The van der Waals surface area contributed by atoms with Gasteiger partial charge in [0.2, 0.25) is 0 Å². The molecule has 0 aliphatic heterocycles. The lowest BCUT2D eigenvalue weighted by molar-refractivity contribution is -0.380. The molecule has 0 aliphatic rings. The van der Waals surface area contributed by atoms with Crippen molar-refractivity contribution in [1.82, 2.24) is 4.68 Å². The Kier molecular flexibility index (Phi) is 3.95. The van der Waals surface area contributed by atoms with Gasteiger partial charge in [0.1, 0.15) is 11.6 Å². The number of nitro groups is 1. The number of hydrogen-bond acceptors (Lipinski definition) is 6. The van der Waals surface area contributed by atoms with Gasteiger partial charge in [0, 0.05) is 11.8 Å². The van der Waals surface area contributed by atoms with Crippen LogP contribution in [0.25, 0.3) is 0 Å². The molecule has 0 saturated heterocycles. The van der Waals surface area contributed by atoms with E-state index in [0.717, 1.165) is 16.0 Å². The number of aromatic nitrogens is 1. The van der Waals surface area contributed by atoms with Gasteiger partial charge in [0.25, 0.3) is 5.56 Å². The molecule has 2 aromatic heterocycles. The van der Waals surface area contributed by atoms with E-state index in [1.807, 2.05) is 6.07 Å². The average molecular weight is 302 g/mol. The molecule has 8 heteroatoms. The van der Waals surface area contributed by atoms with E-state index < -0.39 is 10.5 Å². The Labute approximate surface area is 123 Å². The lowest BCUT2D eigenvalue weighted by Gasteiger charge is -2.05. The molecule has 0 fully saturated rings. The second kappa shape index (κ2) is 5.68. The number of nitrogens with zero attached hydrogens (tertiary/aromatic N) is 4. The summed E-state index contributed by atoms with van der Waals surface area (Å²) in [5.41, 5.74) is 0.712. The van der Waals surface area contributed by atoms with Crippen LogP contribution in [-0.4, -0.2) is 15.8 Å². The minimum atomic E-state index is -0.502. The van der Waals surface area contributed by atoms with Crippen molar-refractivity contribution in [3.8, 4) is 6.07 Å². The Morgan fingerprint density at radius 1 is 1.48 bits per heavy atom.